The van der Waals surface area contributed by atoms with Gasteiger partial charge in [-0.15, -0.1) is 0 Å². The highest BCUT2D eigenvalue weighted by molar-refractivity contribution is 9.10. The first kappa shape index (κ1) is 17.3. The number of carbonyl (C=O) groups is 1. The second-order valence-electron chi connectivity index (χ2n) is 4.83. The number of halogens is 2. The molecular formula is C17H17BrFNO3. The predicted molar refractivity (Wildman–Crippen MR) is 89.7 cm³/mol. The van der Waals surface area contributed by atoms with E-state index in [1.165, 1.54) is 26.4 Å². The van der Waals surface area contributed by atoms with Crippen molar-refractivity contribution in [2.24, 2.45) is 0 Å². The summed E-state index contributed by atoms with van der Waals surface area (Å²) >= 11 is 3.36. The molecule has 23 heavy (non-hydrogen) atoms. The van der Waals surface area contributed by atoms with E-state index in [2.05, 4.69) is 21.2 Å². The molecule has 1 N–H and O–H groups in total. The lowest BCUT2D eigenvalue weighted by Gasteiger charge is -2.12. The van der Waals surface area contributed by atoms with Gasteiger partial charge in [-0.2, -0.15) is 0 Å². The summed E-state index contributed by atoms with van der Waals surface area (Å²) in [6, 6.07) is 9.58. The van der Waals surface area contributed by atoms with Crippen molar-refractivity contribution < 1.29 is 18.7 Å². The number of rotatable bonds is 6. The molecule has 0 heterocycles. The number of carbonyl (C=O) groups excluding carboxylic acids is 1. The Morgan fingerprint density at radius 1 is 1.17 bits per heavy atom. The van der Waals surface area contributed by atoms with Crippen molar-refractivity contribution in [2.75, 3.05) is 20.8 Å². The zero-order valence-corrected chi connectivity index (χ0v) is 14.4. The van der Waals surface area contributed by atoms with Crippen LogP contribution in [0.5, 0.6) is 11.5 Å². The number of methoxy groups -OCH3 is 2. The number of benzene rings is 2. The molecule has 0 aliphatic rings. The molecule has 4 nitrogen and oxygen atoms in total. The van der Waals surface area contributed by atoms with Crippen molar-refractivity contribution in [1.82, 2.24) is 5.32 Å². The number of hydrogen-bond donors (Lipinski definition) is 1. The first-order chi connectivity index (χ1) is 11.0. The smallest absolute Gasteiger partial charge is 0.251 e. The van der Waals surface area contributed by atoms with Gasteiger partial charge in [0.2, 0.25) is 0 Å². The van der Waals surface area contributed by atoms with E-state index in [1.807, 2.05) is 6.07 Å². The second-order valence-corrected chi connectivity index (χ2v) is 5.62. The molecule has 0 saturated heterocycles. The number of ether oxygens (including phenoxy) is 2. The van der Waals surface area contributed by atoms with Crippen LogP contribution >= 0.6 is 15.9 Å². The van der Waals surface area contributed by atoms with E-state index in [9.17, 15) is 9.18 Å². The standard InChI is InChI=1S/C17H17BrFNO3/c1-22-14-9-12(10-15(23-2)16(14)18)17(21)20-7-6-11-4-3-5-13(19)8-11/h3-5,8-10H,6-7H2,1-2H3,(H,20,21). The minimum Gasteiger partial charge on any atom is -0.495 e. The van der Waals surface area contributed by atoms with Crippen LogP contribution in [0.15, 0.2) is 40.9 Å². The Kier molecular flexibility index (Phi) is 5.98. The van der Waals surface area contributed by atoms with Gasteiger partial charge in [0.15, 0.2) is 0 Å². The quantitative estimate of drug-likeness (QED) is 0.831. The maximum Gasteiger partial charge on any atom is 0.251 e. The maximum atomic E-state index is 13.1. The van der Waals surface area contributed by atoms with Crippen LogP contribution in [0.3, 0.4) is 0 Å². The van der Waals surface area contributed by atoms with Gasteiger partial charge in [0.25, 0.3) is 5.91 Å². The van der Waals surface area contributed by atoms with Crippen molar-refractivity contribution in [3.8, 4) is 11.5 Å². The SMILES string of the molecule is COc1cc(C(=O)NCCc2cccc(F)c2)cc(OC)c1Br. The third kappa shape index (κ3) is 4.45. The maximum absolute atomic E-state index is 13.1. The largest absolute Gasteiger partial charge is 0.495 e. The molecule has 2 aromatic carbocycles. The van der Waals surface area contributed by atoms with Gasteiger partial charge in [-0.1, -0.05) is 12.1 Å². The summed E-state index contributed by atoms with van der Waals surface area (Å²) in [4.78, 5) is 12.2. The van der Waals surface area contributed by atoms with Crippen molar-refractivity contribution in [3.63, 3.8) is 0 Å². The third-order valence-electron chi connectivity index (χ3n) is 3.30. The molecule has 0 saturated carbocycles. The van der Waals surface area contributed by atoms with Crippen LogP contribution in [-0.4, -0.2) is 26.7 Å². The van der Waals surface area contributed by atoms with Crippen LogP contribution in [0, 0.1) is 5.82 Å². The molecule has 0 aliphatic carbocycles. The van der Waals surface area contributed by atoms with Crippen LogP contribution in [0.25, 0.3) is 0 Å². The zero-order chi connectivity index (χ0) is 16.8. The first-order valence-corrected chi connectivity index (χ1v) is 7.78. The van der Waals surface area contributed by atoms with E-state index >= 15 is 0 Å². The highest BCUT2D eigenvalue weighted by Crippen LogP contribution is 2.35. The fraction of sp³-hybridized carbons (Fsp3) is 0.235. The van der Waals surface area contributed by atoms with Gasteiger partial charge < -0.3 is 14.8 Å². The highest BCUT2D eigenvalue weighted by atomic mass is 79.9. The number of hydrogen-bond acceptors (Lipinski definition) is 3. The van der Waals surface area contributed by atoms with Gasteiger partial charge in [0.05, 0.1) is 14.2 Å². The normalized spacial score (nSPS) is 10.3. The Morgan fingerprint density at radius 2 is 1.83 bits per heavy atom. The van der Waals surface area contributed by atoms with E-state index in [4.69, 9.17) is 9.47 Å². The van der Waals surface area contributed by atoms with E-state index < -0.39 is 0 Å². The van der Waals surface area contributed by atoms with E-state index in [-0.39, 0.29) is 11.7 Å². The molecule has 0 spiro atoms. The van der Waals surface area contributed by atoms with Crippen LogP contribution in [0.2, 0.25) is 0 Å². The average Bonchev–Trinajstić information content (AvgIpc) is 2.55. The Morgan fingerprint density at radius 3 is 2.39 bits per heavy atom. The molecule has 2 aromatic rings. The van der Waals surface area contributed by atoms with Crippen molar-refractivity contribution >= 4 is 21.8 Å². The lowest BCUT2D eigenvalue weighted by atomic mass is 10.1. The monoisotopic (exact) mass is 381 g/mol. The summed E-state index contributed by atoms with van der Waals surface area (Å²) in [5, 5.41) is 2.80. The van der Waals surface area contributed by atoms with Gasteiger partial charge in [0.1, 0.15) is 21.8 Å². The first-order valence-electron chi connectivity index (χ1n) is 6.99. The van der Waals surface area contributed by atoms with Crippen LogP contribution < -0.4 is 14.8 Å². The van der Waals surface area contributed by atoms with Gasteiger partial charge in [-0.3, -0.25) is 4.79 Å². The van der Waals surface area contributed by atoms with E-state index in [0.717, 1.165) is 5.56 Å². The molecule has 0 bridgehead atoms. The number of amides is 1. The van der Waals surface area contributed by atoms with Gasteiger partial charge >= 0.3 is 0 Å². The fourth-order valence-electron chi connectivity index (χ4n) is 2.12. The lowest BCUT2D eigenvalue weighted by molar-refractivity contribution is 0.0953. The third-order valence-corrected chi connectivity index (χ3v) is 4.08. The molecule has 0 radical (unpaired) electrons. The minimum absolute atomic E-state index is 0.245. The Labute approximate surface area is 142 Å². The zero-order valence-electron chi connectivity index (χ0n) is 12.9. The summed E-state index contributed by atoms with van der Waals surface area (Å²) in [6.07, 6.45) is 0.550. The average molecular weight is 382 g/mol. The molecule has 6 heteroatoms. The molecule has 0 fully saturated rings. The van der Waals surface area contributed by atoms with Gasteiger partial charge in [-0.05, 0) is 52.2 Å². The van der Waals surface area contributed by atoms with Crippen molar-refractivity contribution in [1.29, 1.82) is 0 Å². The Hall–Kier alpha value is -2.08. The molecule has 2 rings (SSSR count). The van der Waals surface area contributed by atoms with Gasteiger partial charge in [-0.25, -0.2) is 4.39 Å². The minimum atomic E-state index is -0.281. The topological polar surface area (TPSA) is 47.6 Å². The van der Waals surface area contributed by atoms with Crippen LogP contribution in [-0.2, 0) is 6.42 Å². The van der Waals surface area contributed by atoms with E-state index in [1.54, 1.807) is 18.2 Å². The number of nitrogens with one attached hydrogen (secondary N) is 1. The van der Waals surface area contributed by atoms with E-state index in [0.29, 0.717) is 34.5 Å². The summed E-state index contributed by atoms with van der Waals surface area (Å²) in [7, 11) is 3.04. The molecular weight excluding hydrogens is 365 g/mol. The van der Waals surface area contributed by atoms with Crippen molar-refractivity contribution in [2.45, 2.75) is 6.42 Å². The molecule has 1 amide bonds. The second kappa shape index (κ2) is 7.97. The molecule has 122 valence electrons. The van der Waals surface area contributed by atoms with Crippen molar-refractivity contribution in [3.05, 3.63) is 57.8 Å². The molecule has 0 atom stereocenters. The Balaban J connectivity index is 2.03. The highest BCUT2D eigenvalue weighted by Gasteiger charge is 2.14. The van der Waals surface area contributed by atoms with Gasteiger partial charge in [0, 0.05) is 12.1 Å². The molecule has 0 unspecified atom stereocenters. The summed E-state index contributed by atoms with van der Waals surface area (Å²) in [6.45, 7) is 0.406. The Bertz CT molecular complexity index is 681. The lowest BCUT2D eigenvalue weighted by Crippen LogP contribution is -2.25. The molecule has 0 aromatic heterocycles. The molecule has 0 aliphatic heterocycles. The summed E-state index contributed by atoms with van der Waals surface area (Å²) in [5.41, 5.74) is 1.26. The van der Waals surface area contributed by atoms with Crippen LogP contribution in [0.1, 0.15) is 15.9 Å². The predicted octanol–water partition coefficient (Wildman–Crippen LogP) is 3.58. The fourth-order valence-corrected chi connectivity index (χ4v) is 2.67. The van der Waals surface area contributed by atoms with Crippen LogP contribution in [0.4, 0.5) is 4.39 Å². The summed E-state index contributed by atoms with van der Waals surface area (Å²) < 4.78 is 24.2. The summed E-state index contributed by atoms with van der Waals surface area (Å²) in [5.74, 6) is 0.501.